The van der Waals surface area contributed by atoms with Gasteiger partial charge in [-0.3, -0.25) is 4.52 Å². The van der Waals surface area contributed by atoms with E-state index in [9.17, 15) is 4.57 Å². The summed E-state index contributed by atoms with van der Waals surface area (Å²) in [5.74, 6) is 0. The first-order chi connectivity index (χ1) is 5.64. The number of rotatable bonds is 6. The second kappa shape index (κ2) is 5.36. The molecule has 1 unspecified atom stereocenters. The Labute approximate surface area is 73.7 Å². The number of hydrogen-bond acceptors (Lipinski definition) is 3. The highest BCUT2D eigenvalue weighted by Crippen LogP contribution is 2.50. The summed E-state index contributed by atoms with van der Waals surface area (Å²) in [6, 6.07) is 0. The molecule has 5 heteroatoms. The zero-order chi connectivity index (χ0) is 9.61. The maximum atomic E-state index is 11.8. The SMILES string of the molecule is C=COP(=O)(OC)N(CC)CC. The highest BCUT2D eigenvalue weighted by Gasteiger charge is 2.29. The van der Waals surface area contributed by atoms with E-state index < -0.39 is 7.75 Å². The lowest BCUT2D eigenvalue weighted by Gasteiger charge is -2.25. The topological polar surface area (TPSA) is 38.8 Å². The maximum Gasteiger partial charge on any atom is 0.460 e. The monoisotopic (exact) mass is 193 g/mol. The van der Waals surface area contributed by atoms with Crippen molar-refractivity contribution in [1.29, 1.82) is 0 Å². The summed E-state index contributed by atoms with van der Waals surface area (Å²) in [5, 5.41) is 0. The molecule has 0 amide bonds. The first-order valence-corrected chi connectivity index (χ1v) is 5.34. The summed E-state index contributed by atoms with van der Waals surface area (Å²) in [4.78, 5) is 0. The lowest BCUT2D eigenvalue weighted by atomic mass is 10.7. The van der Waals surface area contributed by atoms with Gasteiger partial charge in [0.1, 0.15) is 0 Å². The van der Waals surface area contributed by atoms with Crippen LogP contribution < -0.4 is 0 Å². The van der Waals surface area contributed by atoms with Crippen molar-refractivity contribution in [3.8, 4) is 0 Å². The van der Waals surface area contributed by atoms with Crippen molar-refractivity contribution in [1.82, 2.24) is 4.67 Å². The van der Waals surface area contributed by atoms with Crippen LogP contribution in [0.25, 0.3) is 0 Å². The Hall–Kier alpha value is -0.310. The van der Waals surface area contributed by atoms with Gasteiger partial charge in [-0.05, 0) is 0 Å². The molecule has 0 aromatic rings. The van der Waals surface area contributed by atoms with Crippen LogP contribution in [0, 0.1) is 0 Å². The first kappa shape index (κ1) is 11.7. The first-order valence-electron chi connectivity index (χ1n) is 3.85. The predicted molar refractivity (Wildman–Crippen MR) is 48.8 cm³/mol. The molecule has 0 radical (unpaired) electrons. The molecule has 0 rings (SSSR count). The van der Waals surface area contributed by atoms with Crippen molar-refractivity contribution in [3.63, 3.8) is 0 Å². The molecular weight excluding hydrogens is 177 g/mol. The summed E-state index contributed by atoms with van der Waals surface area (Å²) >= 11 is 0. The molecule has 0 aromatic carbocycles. The number of nitrogens with zero attached hydrogens (tertiary/aromatic N) is 1. The molecule has 0 fully saturated rings. The van der Waals surface area contributed by atoms with Crippen LogP contribution in [0.1, 0.15) is 13.8 Å². The Morgan fingerprint density at radius 1 is 1.50 bits per heavy atom. The van der Waals surface area contributed by atoms with Crippen molar-refractivity contribution in [2.24, 2.45) is 0 Å². The Balaban J connectivity index is 4.46. The van der Waals surface area contributed by atoms with Gasteiger partial charge in [0.05, 0.1) is 6.26 Å². The van der Waals surface area contributed by atoms with Crippen molar-refractivity contribution < 1.29 is 13.6 Å². The van der Waals surface area contributed by atoms with Gasteiger partial charge in [-0.2, -0.15) is 4.67 Å². The standard InChI is InChI=1S/C7H16NO3P/c1-5-8(6-2)12(9,10-4)11-7-3/h7H,3,5-6H2,1-2,4H3. The maximum absolute atomic E-state index is 11.8. The van der Waals surface area contributed by atoms with E-state index in [1.54, 1.807) is 4.67 Å². The highest BCUT2D eigenvalue weighted by molar-refractivity contribution is 7.51. The van der Waals surface area contributed by atoms with E-state index in [2.05, 4.69) is 6.58 Å². The fraction of sp³-hybridized carbons (Fsp3) is 0.714. The van der Waals surface area contributed by atoms with Gasteiger partial charge in [0.25, 0.3) is 0 Å². The second-order valence-electron chi connectivity index (χ2n) is 2.06. The van der Waals surface area contributed by atoms with Crippen LogP contribution in [0.3, 0.4) is 0 Å². The van der Waals surface area contributed by atoms with Gasteiger partial charge < -0.3 is 4.52 Å². The van der Waals surface area contributed by atoms with Crippen LogP contribution in [0.5, 0.6) is 0 Å². The lowest BCUT2D eigenvalue weighted by Crippen LogP contribution is -2.20. The molecule has 4 nitrogen and oxygen atoms in total. The third-order valence-corrected chi connectivity index (χ3v) is 3.65. The van der Waals surface area contributed by atoms with Crippen LogP contribution in [0.2, 0.25) is 0 Å². The molecule has 0 aliphatic carbocycles. The van der Waals surface area contributed by atoms with Crippen LogP contribution in [-0.2, 0) is 13.6 Å². The predicted octanol–water partition coefficient (Wildman–Crippen LogP) is 2.24. The fourth-order valence-corrected chi connectivity index (χ4v) is 2.22. The zero-order valence-electron chi connectivity index (χ0n) is 7.82. The smallest absolute Gasteiger partial charge is 0.422 e. The minimum atomic E-state index is -3.10. The molecule has 0 bridgehead atoms. The van der Waals surface area contributed by atoms with Gasteiger partial charge in [0.15, 0.2) is 0 Å². The molecule has 12 heavy (non-hydrogen) atoms. The van der Waals surface area contributed by atoms with Gasteiger partial charge >= 0.3 is 7.75 Å². The Kier molecular flexibility index (Phi) is 5.22. The van der Waals surface area contributed by atoms with Crippen molar-refractivity contribution in [2.45, 2.75) is 13.8 Å². The van der Waals surface area contributed by atoms with Crippen LogP contribution in [-0.4, -0.2) is 24.9 Å². The Bertz CT molecular complexity index is 179. The van der Waals surface area contributed by atoms with Crippen molar-refractivity contribution in [2.75, 3.05) is 20.2 Å². The Morgan fingerprint density at radius 3 is 2.25 bits per heavy atom. The third-order valence-electron chi connectivity index (χ3n) is 1.51. The van der Waals surface area contributed by atoms with E-state index in [-0.39, 0.29) is 0 Å². The van der Waals surface area contributed by atoms with Crippen molar-refractivity contribution >= 4 is 7.75 Å². The van der Waals surface area contributed by atoms with Crippen LogP contribution in [0.4, 0.5) is 0 Å². The molecule has 0 N–H and O–H groups in total. The van der Waals surface area contributed by atoms with E-state index in [1.807, 2.05) is 13.8 Å². The van der Waals surface area contributed by atoms with Crippen LogP contribution >= 0.6 is 7.75 Å². The fourth-order valence-electron chi connectivity index (χ4n) is 0.889. The van der Waals surface area contributed by atoms with E-state index >= 15 is 0 Å². The summed E-state index contributed by atoms with van der Waals surface area (Å²) in [6.07, 6.45) is 1.14. The molecule has 0 saturated heterocycles. The van der Waals surface area contributed by atoms with Gasteiger partial charge in [-0.25, -0.2) is 4.57 Å². The second-order valence-corrected chi connectivity index (χ2v) is 4.14. The molecule has 0 aliphatic heterocycles. The van der Waals surface area contributed by atoms with E-state index in [0.717, 1.165) is 6.26 Å². The average Bonchev–Trinajstić information content (AvgIpc) is 2.07. The normalized spacial score (nSPS) is 15.7. The van der Waals surface area contributed by atoms with Crippen LogP contribution in [0.15, 0.2) is 12.8 Å². The van der Waals surface area contributed by atoms with Gasteiger partial charge in [-0.1, -0.05) is 20.4 Å². The lowest BCUT2D eigenvalue weighted by molar-refractivity contribution is 0.232. The zero-order valence-corrected chi connectivity index (χ0v) is 8.71. The molecule has 0 aliphatic rings. The largest absolute Gasteiger partial charge is 0.460 e. The van der Waals surface area contributed by atoms with Gasteiger partial charge in [0.2, 0.25) is 0 Å². The van der Waals surface area contributed by atoms with E-state index in [0.29, 0.717) is 13.1 Å². The quantitative estimate of drug-likeness (QED) is 0.479. The molecule has 0 saturated carbocycles. The molecule has 0 spiro atoms. The molecule has 72 valence electrons. The van der Waals surface area contributed by atoms with Crippen molar-refractivity contribution in [3.05, 3.63) is 12.8 Å². The minimum Gasteiger partial charge on any atom is -0.422 e. The molecule has 1 atom stereocenters. The summed E-state index contributed by atoms with van der Waals surface area (Å²) in [6.45, 7) is 8.37. The Morgan fingerprint density at radius 2 is 2.00 bits per heavy atom. The molecule has 0 aromatic heterocycles. The van der Waals surface area contributed by atoms with Gasteiger partial charge in [-0.15, -0.1) is 0 Å². The summed E-state index contributed by atoms with van der Waals surface area (Å²) < 4.78 is 23.0. The summed E-state index contributed by atoms with van der Waals surface area (Å²) in [5.41, 5.74) is 0. The summed E-state index contributed by atoms with van der Waals surface area (Å²) in [7, 11) is -1.73. The average molecular weight is 193 g/mol. The molecule has 0 heterocycles. The van der Waals surface area contributed by atoms with E-state index in [4.69, 9.17) is 9.05 Å². The number of hydrogen-bond donors (Lipinski definition) is 0. The van der Waals surface area contributed by atoms with Gasteiger partial charge in [0, 0.05) is 20.2 Å². The molecular formula is C7H16NO3P. The van der Waals surface area contributed by atoms with E-state index in [1.165, 1.54) is 7.11 Å². The third kappa shape index (κ3) is 2.63. The highest BCUT2D eigenvalue weighted by atomic mass is 31.2. The minimum absolute atomic E-state index is 0.620.